The lowest BCUT2D eigenvalue weighted by Crippen LogP contribution is -2.40. The van der Waals surface area contributed by atoms with Gasteiger partial charge in [0.25, 0.3) is 0 Å². The molecule has 0 radical (unpaired) electrons. The summed E-state index contributed by atoms with van der Waals surface area (Å²) in [4.78, 5) is 13.7. The zero-order valence-electron chi connectivity index (χ0n) is 16.3. The summed E-state index contributed by atoms with van der Waals surface area (Å²) in [5, 5.41) is 18.0. The molecule has 8 nitrogen and oxygen atoms in total. The number of piperidine rings is 1. The Morgan fingerprint density at radius 1 is 1.38 bits per heavy atom. The summed E-state index contributed by atoms with van der Waals surface area (Å²) < 4.78 is 9.59. The van der Waals surface area contributed by atoms with Gasteiger partial charge in [0.15, 0.2) is 0 Å². The van der Waals surface area contributed by atoms with Gasteiger partial charge in [-0.1, -0.05) is 6.58 Å². The maximum absolute atomic E-state index is 11.9. The molecule has 3 aromatic rings. The van der Waals surface area contributed by atoms with Gasteiger partial charge in [-0.25, -0.2) is 4.52 Å². The second kappa shape index (κ2) is 7.80. The first-order valence-electron chi connectivity index (χ1n) is 9.53. The molecule has 1 amide bonds. The van der Waals surface area contributed by atoms with Gasteiger partial charge in [-0.3, -0.25) is 9.48 Å². The van der Waals surface area contributed by atoms with Crippen LogP contribution in [-0.4, -0.2) is 49.9 Å². The van der Waals surface area contributed by atoms with Gasteiger partial charge in [0.2, 0.25) is 5.91 Å². The van der Waals surface area contributed by atoms with Crippen molar-refractivity contribution >= 4 is 11.4 Å². The third-order valence-electron chi connectivity index (χ3n) is 5.22. The van der Waals surface area contributed by atoms with Crippen LogP contribution in [0.3, 0.4) is 0 Å². The molecule has 1 aliphatic rings. The van der Waals surface area contributed by atoms with Crippen molar-refractivity contribution < 1.29 is 9.53 Å². The van der Waals surface area contributed by atoms with E-state index in [1.54, 1.807) is 21.6 Å². The van der Waals surface area contributed by atoms with Crippen molar-refractivity contribution in [3.05, 3.63) is 49.1 Å². The summed E-state index contributed by atoms with van der Waals surface area (Å²) in [6.45, 7) is 5.43. The highest BCUT2D eigenvalue weighted by molar-refractivity contribution is 5.87. The molecule has 148 valence electrons. The highest BCUT2D eigenvalue weighted by Crippen LogP contribution is 2.30. The molecule has 1 atom stereocenters. The summed E-state index contributed by atoms with van der Waals surface area (Å²) in [6, 6.07) is 4.10. The number of nitrogens with zero attached hydrogens (tertiary/aromatic N) is 6. The average Bonchev–Trinajstić information content (AvgIpc) is 3.37. The molecule has 0 spiro atoms. The Morgan fingerprint density at radius 2 is 2.24 bits per heavy atom. The van der Waals surface area contributed by atoms with Crippen LogP contribution in [-0.2, 0) is 11.8 Å². The molecule has 4 heterocycles. The van der Waals surface area contributed by atoms with Gasteiger partial charge < -0.3 is 9.64 Å². The third-order valence-corrected chi connectivity index (χ3v) is 5.22. The van der Waals surface area contributed by atoms with Crippen LogP contribution < -0.4 is 4.74 Å². The Kier molecular flexibility index (Phi) is 5.04. The van der Waals surface area contributed by atoms with Gasteiger partial charge in [0, 0.05) is 49.6 Å². The lowest BCUT2D eigenvalue weighted by atomic mass is 9.99. The number of pyridine rings is 1. The number of nitriles is 1. The van der Waals surface area contributed by atoms with Crippen molar-refractivity contribution in [1.82, 2.24) is 24.3 Å². The molecule has 4 rings (SSSR count). The highest BCUT2D eigenvalue weighted by Gasteiger charge is 2.23. The molecule has 1 aliphatic heterocycles. The smallest absolute Gasteiger partial charge is 0.245 e. The van der Waals surface area contributed by atoms with E-state index in [0.717, 1.165) is 30.5 Å². The first-order valence-corrected chi connectivity index (χ1v) is 9.53. The molecule has 3 aromatic heterocycles. The number of hydrogen-bond donors (Lipinski definition) is 0. The Morgan fingerprint density at radius 3 is 2.97 bits per heavy atom. The van der Waals surface area contributed by atoms with Crippen molar-refractivity contribution in [2.45, 2.75) is 12.8 Å². The number of likely N-dealkylation sites (tertiary alicyclic amines) is 1. The summed E-state index contributed by atoms with van der Waals surface area (Å²) in [5.41, 5.74) is 2.95. The van der Waals surface area contributed by atoms with Gasteiger partial charge in [-0.2, -0.15) is 15.5 Å². The number of hydrogen-bond acceptors (Lipinski definition) is 5. The monoisotopic (exact) mass is 390 g/mol. The molecule has 29 heavy (non-hydrogen) atoms. The molecular formula is C21H22N6O2. The van der Waals surface area contributed by atoms with Crippen molar-refractivity contribution in [1.29, 1.82) is 5.26 Å². The van der Waals surface area contributed by atoms with Crippen molar-refractivity contribution in [3.8, 4) is 22.9 Å². The minimum Gasteiger partial charge on any atom is -0.491 e. The summed E-state index contributed by atoms with van der Waals surface area (Å²) in [6.07, 6.45) is 10.4. The largest absolute Gasteiger partial charge is 0.491 e. The van der Waals surface area contributed by atoms with Crippen LogP contribution in [0.2, 0.25) is 0 Å². The predicted molar refractivity (Wildman–Crippen MR) is 107 cm³/mol. The van der Waals surface area contributed by atoms with Gasteiger partial charge in [-0.15, -0.1) is 0 Å². The van der Waals surface area contributed by atoms with Crippen LogP contribution in [0.15, 0.2) is 43.5 Å². The van der Waals surface area contributed by atoms with E-state index in [1.165, 1.54) is 6.08 Å². The Labute approximate surface area is 168 Å². The fraction of sp³-hybridized carbons (Fsp3) is 0.333. The molecule has 8 heteroatoms. The Hall–Kier alpha value is -3.60. The molecule has 0 aliphatic carbocycles. The minimum atomic E-state index is -0.0433. The maximum Gasteiger partial charge on any atom is 0.245 e. The standard InChI is InChI=1S/C21H22N6O2/c1-3-20(28)26-6-4-5-15(11-26)14-29-19-7-16(18-10-23-25(2)12-18)13-27-21(19)17(8-22)9-24-27/h3,7,9-10,12-13,15H,1,4-6,11,14H2,2H3/t15-/m1/s1. The van der Waals surface area contributed by atoms with Crippen molar-refractivity contribution in [3.63, 3.8) is 0 Å². The normalized spacial score (nSPS) is 16.6. The number of carbonyl (C=O) groups is 1. The van der Waals surface area contributed by atoms with E-state index >= 15 is 0 Å². The van der Waals surface area contributed by atoms with Crippen LogP contribution in [0.1, 0.15) is 18.4 Å². The number of ether oxygens (including phenoxy) is 1. The molecule has 0 aromatic carbocycles. The van der Waals surface area contributed by atoms with Crippen LogP contribution in [0.5, 0.6) is 5.75 Å². The first-order chi connectivity index (χ1) is 14.1. The van der Waals surface area contributed by atoms with E-state index < -0.39 is 0 Å². The third kappa shape index (κ3) is 3.72. The quantitative estimate of drug-likeness (QED) is 0.624. The zero-order valence-corrected chi connectivity index (χ0v) is 16.3. The molecule has 0 bridgehead atoms. The maximum atomic E-state index is 11.9. The molecule has 0 unspecified atom stereocenters. The van der Waals surface area contributed by atoms with E-state index in [2.05, 4.69) is 22.8 Å². The SMILES string of the molecule is C=CC(=O)N1CCC[C@@H](COc2cc(-c3cnn(C)c3)cn3ncc(C#N)c23)C1. The highest BCUT2D eigenvalue weighted by atomic mass is 16.5. The number of amides is 1. The molecule has 0 saturated carbocycles. The van der Waals surface area contributed by atoms with Crippen LogP contribution >= 0.6 is 0 Å². The Bertz CT molecular complexity index is 1110. The predicted octanol–water partition coefficient (Wildman–Crippen LogP) is 2.41. The number of aromatic nitrogens is 4. The number of aryl methyl sites for hydroxylation is 1. The van der Waals surface area contributed by atoms with Crippen LogP contribution in [0.4, 0.5) is 0 Å². The molecule has 1 fully saturated rings. The molecule has 1 saturated heterocycles. The van der Waals surface area contributed by atoms with Crippen molar-refractivity contribution in [2.75, 3.05) is 19.7 Å². The van der Waals surface area contributed by atoms with Gasteiger partial charge >= 0.3 is 0 Å². The van der Waals surface area contributed by atoms with Crippen LogP contribution in [0, 0.1) is 17.2 Å². The van der Waals surface area contributed by atoms with E-state index in [-0.39, 0.29) is 11.8 Å². The van der Waals surface area contributed by atoms with Gasteiger partial charge in [0.05, 0.1) is 19.0 Å². The topological polar surface area (TPSA) is 88.5 Å². The number of fused-ring (bicyclic) bond motifs is 1. The fourth-order valence-electron chi connectivity index (χ4n) is 3.74. The summed E-state index contributed by atoms with van der Waals surface area (Å²) in [5.74, 6) is 0.786. The number of carbonyl (C=O) groups excluding carboxylic acids is 1. The molecular weight excluding hydrogens is 368 g/mol. The van der Waals surface area contributed by atoms with E-state index in [1.807, 2.05) is 30.4 Å². The lowest BCUT2D eigenvalue weighted by Gasteiger charge is -2.32. The molecule has 0 N–H and O–H groups in total. The fourth-order valence-corrected chi connectivity index (χ4v) is 3.74. The number of rotatable bonds is 5. The van der Waals surface area contributed by atoms with E-state index in [0.29, 0.717) is 30.0 Å². The second-order valence-electron chi connectivity index (χ2n) is 7.27. The second-order valence-corrected chi connectivity index (χ2v) is 7.27. The van der Waals surface area contributed by atoms with Gasteiger partial charge in [0.1, 0.15) is 22.9 Å². The van der Waals surface area contributed by atoms with E-state index in [9.17, 15) is 10.1 Å². The summed E-state index contributed by atoms with van der Waals surface area (Å²) >= 11 is 0. The minimum absolute atomic E-state index is 0.0433. The zero-order chi connectivity index (χ0) is 20.4. The van der Waals surface area contributed by atoms with Crippen LogP contribution in [0.25, 0.3) is 16.6 Å². The first kappa shape index (κ1) is 18.7. The van der Waals surface area contributed by atoms with Crippen molar-refractivity contribution in [2.24, 2.45) is 13.0 Å². The summed E-state index contributed by atoms with van der Waals surface area (Å²) in [7, 11) is 1.86. The average molecular weight is 390 g/mol. The lowest BCUT2D eigenvalue weighted by molar-refractivity contribution is -0.127. The van der Waals surface area contributed by atoms with Gasteiger partial charge in [-0.05, 0) is 25.0 Å². The Balaban J connectivity index is 1.61. The van der Waals surface area contributed by atoms with E-state index in [4.69, 9.17) is 4.74 Å².